The van der Waals surface area contributed by atoms with Gasteiger partial charge in [-0.05, 0) is 53.8 Å². The number of hydrogen-bond acceptors (Lipinski definition) is 2. The van der Waals surface area contributed by atoms with E-state index in [4.69, 9.17) is 10.8 Å². The number of carboxylic acids is 1. The fourth-order valence-electron chi connectivity index (χ4n) is 2.97. The number of aryl methyl sites for hydroxylation is 2. The molecule has 0 spiro atoms. The van der Waals surface area contributed by atoms with E-state index in [2.05, 4.69) is 26.0 Å². The van der Waals surface area contributed by atoms with Crippen molar-refractivity contribution in [2.24, 2.45) is 5.73 Å². The summed E-state index contributed by atoms with van der Waals surface area (Å²) in [6.07, 6.45) is 0. The highest BCUT2D eigenvalue weighted by molar-refractivity contribution is 5.90. The molecule has 3 nitrogen and oxygen atoms in total. The third-order valence-corrected chi connectivity index (χ3v) is 3.77. The molecule has 0 saturated heterocycles. The first-order chi connectivity index (χ1) is 8.99. The summed E-state index contributed by atoms with van der Waals surface area (Å²) >= 11 is 0. The van der Waals surface area contributed by atoms with Crippen LogP contribution in [-0.2, 0) is 0 Å². The van der Waals surface area contributed by atoms with Gasteiger partial charge in [-0.15, -0.1) is 0 Å². The van der Waals surface area contributed by atoms with Gasteiger partial charge in [-0.3, -0.25) is 0 Å². The molecule has 0 aliphatic heterocycles. The van der Waals surface area contributed by atoms with Crippen molar-refractivity contribution in [2.75, 3.05) is 0 Å². The van der Waals surface area contributed by atoms with Crippen LogP contribution in [0.3, 0.4) is 0 Å². The van der Waals surface area contributed by atoms with E-state index in [0.29, 0.717) is 0 Å². The Labute approximate surface area is 111 Å². The van der Waals surface area contributed by atoms with Crippen LogP contribution in [-0.4, -0.2) is 11.1 Å². The summed E-state index contributed by atoms with van der Waals surface area (Å²) in [6.45, 7) is 4.11. The SMILES string of the molecule is Cc1cc(C)c2c(c1)-c1ccc(C(=O)O)cc1C2N. The number of fused-ring (bicyclic) bond motifs is 3. The summed E-state index contributed by atoms with van der Waals surface area (Å²) in [5, 5.41) is 9.08. The van der Waals surface area contributed by atoms with Crippen LogP contribution in [0.2, 0.25) is 0 Å². The van der Waals surface area contributed by atoms with Gasteiger partial charge >= 0.3 is 5.97 Å². The van der Waals surface area contributed by atoms with Crippen LogP contribution in [0.1, 0.15) is 38.7 Å². The third kappa shape index (κ3) is 1.66. The predicted molar refractivity (Wildman–Crippen MR) is 74.3 cm³/mol. The van der Waals surface area contributed by atoms with Crippen molar-refractivity contribution in [2.45, 2.75) is 19.9 Å². The minimum Gasteiger partial charge on any atom is -0.478 e. The number of aromatic carboxylic acids is 1. The van der Waals surface area contributed by atoms with E-state index in [1.807, 2.05) is 6.07 Å². The summed E-state index contributed by atoms with van der Waals surface area (Å²) in [6, 6.07) is 9.20. The Bertz CT molecular complexity index is 704. The Morgan fingerprint density at radius 3 is 2.58 bits per heavy atom. The molecule has 0 amide bonds. The molecule has 1 unspecified atom stereocenters. The Balaban J connectivity index is 2.28. The largest absolute Gasteiger partial charge is 0.478 e. The molecule has 3 heteroatoms. The summed E-state index contributed by atoms with van der Waals surface area (Å²) in [4.78, 5) is 11.1. The average molecular weight is 253 g/mol. The van der Waals surface area contributed by atoms with E-state index >= 15 is 0 Å². The Hall–Kier alpha value is -2.13. The van der Waals surface area contributed by atoms with Crippen LogP contribution in [0, 0.1) is 13.8 Å². The quantitative estimate of drug-likeness (QED) is 0.821. The predicted octanol–water partition coefficient (Wildman–Crippen LogP) is 3.03. The lowest BCUT2D eigenvalue weighted by molar-refractivity contribution is 0.0697. The van der Waals surface area contributed by atoms with Crippen molar-refractivity contribution in [1.29, 1.82) is 0 Å². The fourth-order valence-corrected chi connectivity index (χ4v) is 2.97. The molecule has 0 fully saturated rings. The Morgan fingerprint density at radius 2 is 1.89 bits per heavy atom. The fraction of sp³-hybridized carbons (Fsp3) is 0.188. The van der Waals surface area contributed by atoms with Gasteiger partial charge in [0.25, 0.3) is 0 Å². The standard InChI is InChI=1S/C16H15NO2/c1-8-5-9(2)14-12(6-8)11-4-3-10(16(18)19)7-13(11)15(14)17/h3-7,15H,17H2,1-2H3,(H,18,19). The molecule has 0 aromatic heterocycles. The molecule has 2 aromatic rings. The van der Waals surface area contributed by atoms with Gasteiger partial charge in [0.2, 0.25) is 0 Å². The molecule has 2 aromatic carbocycles. The second-order valence-corrected chi connectivity index (χ2v) is 5.13. The van der Waals surface area contributed by atoms with Gasteiger partial charge in [-0.1, -0.05) is 23.8 Å². The summed E-state index contributed by atoms with van der Waals surface area (Å²) < 4.78 is 0. The van der Waals surface area contributed by atoms with Crippen LogP contribution >= 0.6 is 0 Å². The maximum atomic E-state index is 11.1. The van der Waals surface area contributed by atoms with Crippen molar-refractivity contribution < 1.29 is 9.90 Å². The highest BCUT2D eigenvalue weighted by Gasteiger charge is 2.28. The normalized spacial score (nSPS) is 16.1. The molecule has 3 rings (SSSR count). The molecule has 3 N–H and O–H groups in total. The lowest BCUT2D eigenvalue weighted by Gasteiger charge is -2.10. The van der Waals surface area contributed by atoms with Gasteiger partial charge in [-0.25, -0.2) is 4.79 Å². The lowest BCUT2D eigenvalue weighted by atomic mass is 9.98. The van der Waals surface area contributed by atoms with Gasteiger partial charge in [-0.2, -0.15) is 0 Å². The molecule has 0 heterocycles. The lowest BCUT2D eigenvalue weighted by Crippen LogP contribution is -2.10. The summed E-state index contributed by atoms with van der Waals surface area (Å²) in [5.74, 6) is -0.918. The summed E-state index contributed by atoms with van der Waals surface area (Å²) in [7, 11) is 0. The maximum absolute atomic E-state index is 11.1. The average Bonchev–Trinajstić information content (AvgIpc) is 2.62. The molecule has 0 saturated carbocycles. The van der Waals surface area contributed by atoms with E-state index in [0.717, 1.165) is 27.8 Å². The van der Waals surface area contributed by atoms with Crippen LogP contribution in [0.15, 0.2) is 30.3 Å². The Morgan fingerprint density at radius 1 is 1.16 bits per heavy atom. The van der Waals surface area contributed by atoms with E-state index in [1.165, 1.54) is 5.56 Å². The van der Waals surface area contributed by atoms with Crippen LogP contribution in [0.5, 0.6) is 0 Å². The van der Waals surface area contributed by atoms with E-state index < -0.39 is 5.97 Å². The molecular weight excluding hydrogens is 238 g/mol. The first-order valence-electron chi connectivity index (χ1n) is 6.23. The van der Waals surface area contributed by atoms with Crippen LogP contribution < -0.4 is 5.73 Å². The van der Waals surface area contributed by atoms with Crippen LogP contribution in [0.4, 0.5) is 0 Å². The van der Waals surface area contributed by atoms with E-state index in [-0.39, 0.29) is 11.6 Å². The number of carbonyl (C=O) groups is 1. The van der Waals surface area contributed by atoms with Gasteiger partial charge in [0.15, 0.2) is 0 Å². The Kier molecular flexibility index (Phi) is 2.47. The van der Waals surface area contributed by atoms with Crippen molar-refractivity contribution >= 4 is 5.97 Å². The molecule has 96 valence electrons. The van der Waals surface area contributed by atoms with Gasteiger partial charge < -0.3 is 10.8 Å². The van der Waals surface area contributed by atoms with Gasteiger partial charge in [0.1, 0.15) is 0 Å². The molecule has 1 aliphatic rings. The number of rotatable bonds is 1. The first kappa shape index (κ1) is 11.9. The number of nitrogens with two attached hydrogens (primary N) is 1. The highest BCUT2D eigenvalue weighted by atomic mass is 16.4. The molecule has 19 heavy (non-hydrogen) atoms. The van der Waals surface area contributed by atoms with Crippen molar-refractivity contribution in [3.63, 3.8) is 0 Å². The molecule has 1 atom stereocenters. The second kappa shape index (κ2) is 3.93. The zero-order valence-corrected chi connectivity index (χ0v) is 10.9. The van der Waals surface area contributed by atoms with Crippen LogP contribution in [0.25, 0.3) is 11.1 Å². The maximum Gasteiger partial charge on any atom is 0.335 e. The zero-order valence-electron chi connectivity index (χ0n) is 10.9. The summed E-state index contributed by atoms with van der Waals surface area (Å²) in [5.41, 5.74) is 13.1. The van der Waals surface area contributed by atoms with Crippen molar-refractivity contribution in [1.82, 2.24) is 0 Å². The van der Waals surface area contributed by atoms with Gasteiger partial charge in [0, 0.05) is 0 Å². The number of hydrogen-bond donors (Lipinski definition) is 2. The minimum absolute atomic E-state index is 0.232. The van der Waals surface area contributed by atoms with E-state index in [9.17, 15) is 4.79 Å². The molecule has 0 bridgehead atoms. The van der Waals surface area contributed by atoms with Crippen molar-refractivity contribution in [3.05, 3.63) is 58.1 Å². The third-order valence-electron chi connectivity index (χ3n) is 3.77. The zero-order chi connectivity index (χ0) is 13.7. The number of benzene rings is 2. The van der Waals surface area contributed by atoms with Crippen molar-refractivity contribution in [3.8, 4) is 11.1 Å². The molecule has 0 radical (unpaired) electrons. The number of carboxylic acid groups (broad SMARTS) is 1. The topological polar surface area (TPSA) is 63.3 Å². The monoisotopic (exact) mass is 253 g/mol. The first-order valence-corrected chi connectivity index (χ1v) is 6.23. The van der Waals surface area contributed by atoms with Gasteiger partial charge in [0.05, 0.1) is 11.6 Å². The minimum atomic E-state index is -0.918. The van der Waals surface area contributed by atoms with E-state index in [1.54, 1.807) is 12.1 Å². The highest BCUT2D eigenvalue weighted by Crippen LogP contribution is 2.44. The molecular formula is C16H15NO2. The molecule has 1 aliphatic carbocycles. The second-order valence-electron chi connectivity index (χ2n) is 5.13. The smallest absolute Gasteiger partial charge is 0.335 e.